The third kappa shape index (κ3) is 2.22. The van der Waals surface area contributed by atoms with Crippen LogP contribution in [0.2, 0.25) is 0 Å². The van der Waals surface area contributed by atoms with Crippen LogP contribution in [-0.2, 0) is 18.3 Å². The molecule has 1 aliphatic carbocycles. The number of hydrogen-bond donors (Lipinski definition) is 0. The fourth-order valence-corrected chi connectivity index (χ4v) is 2.07. The summed E-state index contributed by atoms with van der Waals surface area (Å²) in [6.45, 7) is 0. The van der Waals surface area contributed by atoms with Gasteiger partial charge in [-0.1, -0.05) is 0 Å². The minimum absolute atomic E-state index is 0.433. The van der Waals surface area contributed by atoms with Crippen molar-refractivity contribution in [3.8, 4) is 0 Å². The monoisotopic (exact) mass is 192 g/mol. The van der Waals surface area contributed by atoms with E-state index in [1.807, 2.05) is 17.9 Å². The van der Waals surface area contributed by atoms with Crippen molar-refractivity contribution in [2.45, 2.75) is 32.1 Å². The number of aryl methyl sites for hydroxylation is 1. The maximum absolute atomic E-state index is 11.0. The molecule has 0 radical (unpaired) electrons. The molecule has 0 unspecified atom stereocenters. The molecule has 0 saturated heterocycles. The third-order valence-electron chi connectivity index (χ3n) is 2.93. The lowest BCUT2D eigenvalue weighted by Crippen LogP contribution is -2.16. The van der Waals surface area contributed by atoms with Crippen LogP contribution < -0.4 is 0 Å². The second-order valence-corrected chi connectivity index (χ2v) is 4.17. The van der Waals surface area contributed by atoms with Crippen molar-refractivity contribution in [2.75, 3.05) is 0 Å². The molecule has 1 heterocycles. The van der Waals surface area contributed by atoms with Gasteiger partial charge in [-0.25, -0.2) is 0 Å². The zero-order valence-corrected chi connectivity index (χ0v) is 8.57. The Morgan fingerprint density at radius 3 is 2.79 bits per heavy atom. The van der Waals surface area contributed by atoms with Crippen molar-refractivity contribution in [3.05, 3.63) is 18.0 Å². The van der Waals surface area contributed by atoms with E-state index >= 15 is 0 Å². The summed E-state index contributed by atoms with van der Waals surface area (Å²) in [7, 11) is 1.94. The Morgan fingerprint density at radius 1 is 1.50 bits per heavy atom. The molecule has 76 valence electrons. The molecule has 0 N–H and O–H groups in total. The minimum atomic E-state index is 0.433. The fraction of sp³-hybridized carbons (Fsp3) is 0.636. The van der Waals surface area contributed by atoms with E-state index in [9.17, 15) is 4.79 Å². The van der Waals surface area contributed by atoms with Crippen molar-refractivity contribution in [1.82, 2.24) is 9.78 Å². The molecule has 2 rings (SSSR count). The average Bonchev–Trinajstić information content (AvgIpc) is 2.56. The molecule has 1 aromatic heterocycles. The molecule has 1 saturated carbocycles. The second-order valence-electron chi connectivity index (χ2n) is 4.17. The Labute approximate surface area is 84.1 Å². The van der Waals surface area contributed by atoms with Gasteiger partial charge in [-0.15, -0.1) is 0 Å². The van der Waals surface area contributed by atoms with Gasteiger partial charge in [0.05, 0.1) is 5.69 Å². The predicted molar refractivity (Wildman–Crippen MR) is 53.9 cm³/mol. The van der Waals surface area contributed by atoms with Crippen LogP contribution in [0.3, 0.4) is 0 Å². The SMILES string of the molecule is Cn1ccc(CC2CCC(=O)CC2)n1. The lowest BCUT2D eigenvalue weighted by atomic mass is 9.85. The van der Waals surface area contributed by atoms with Crippen LogP contribution in [0.5, 0.6) is 0 Å². The normalized spacial score (nSPS) is 18.8. The molecule has 14 heavy (non-hydrogen) atoms. The van der Waals surface area contributed by atoms with Gasteiger partial charge in [0.1, 0.15) is 5.78 Å². The van der Waals surface area contributed by atoms with Gasteiger partial charge in [0.2, 0.25) is 0 Å². The van der Waals surface area contributed by atoms with E-state index < -0.39 is 0 Å². The molecule has 3 heteroatoms. The summed E-state index contributed by atoms with van der Waals surface area (Å²) in [4.78, 5) is 11.0. The number of aromatic nitrogens is 2. The summed E-state index contributed by atoms with van der Waals surface area (Å²) in [5, 5.41) is 4.36. The number of carbonyl (C=O) groups is 1. The first-order valence-corrected chi connectivity index (χ1v) is 5.24. The Kier molecular flexibility index (Phi) is 2.66. The Morgan fingerprint density at radius 2 is 2.21 bits per heavy atom. The molecular weight excluding hydrogens is 176 g/mol. The second kappa shape index (κ2) is 3.95. The van der Waals surface area contributed by atoms with Crippen LogP contribution in [0.15, 0.2) is 12.3 Å². The van der Waals surface area contributed by atoms with Crippen molar-refractivity contribution in [1.29, 1.82) is 0 Å². The van der Waals surface area contributed by atoms with Gasteiger partial charge in [-0.3, -0.25) is 9.48 Å². The quantitative estimate of drug-likeness (QED) is 0.715. The first-order chi connectivity index (χ1) is 6.74. The number of nitrogens with zero attached hydrogens (tertiary/aromatic N) is 2. The van der Waals surface area contributed by atoms with E-state index in [4.69, 9.17) is 0 Å². The molecule has 0 bridgehead atoms. The third-order valence-corrected chi connectivity index (χ3v) is 2.93. The van der Waals surface area contributed by atoms with Crippen molar-refractivity contribution in [2.24, 2.45) is 13.0 Å². The summed E-state index contributed by atoms with van der Waals surface area (Å²) in [6.07, 6.45) is 6.66. The number of carbonyl (C=O) groups excluding carboxylic acids is 1. The molecule has 0 aliphatic heterocycles. The first kappa shape index (κ1) is 9.44. The largest absolute Gasteiger partial charge is 0.300 e. The number of Topliss-reactive ketones (excluding diaryl/α,β-unsaturated/α-hetero) is 1. The molecule has 1 fully saturated rings. The van der Waals surface area contributed by atoms with E-state index in [1.54, 1.807) is 0 Å². The Bertz CT molecular complexity index is 320. The van der Waals surface area contributed by atoms with Crippen molar-refractivity contribution in [3.63, 3.8) is 0 Å². The molecule has 1 aliphatic rings. The van der Waals surface area contributed by atoms with Crippen molar-refractivity contribution < 1.29 is 4.79 Å². The van der Waals surface area contributed by atoms with Gasteiger partial charge >= 0.3 is 0 Å². The molecule has 0 atom stereocenters. The maximum Gasteiger partial charge on any atom is 0.132 e. The maximum atomic E-state index is 11.0. The van der Waals surface area contributed by atoms with E-state index in [1.165, 1.54) is 0 Å². The van der Waals surface area contributed by atoms with E-state index in [0.717, 1.165) is 37.8 Å². The summed E-state index contributed by atoms with van der Waals surface area (Å²) in [6, 6.07) is 2.07. The van der Waals surface area contributed by atoms with Gasteiger partial charge in [0.25, 0.3) is 0 Å². The molecular formula is C11H16N2O. The van der Waals surface area contributed by atoms with Crippen molar-refractivity contribution >= 4 is 5.78 Å². The van der Waals surface area contributed by atoms with E-state index in [2.05, 4.69) is 11.2 Å². The van der Waals surface area contributed by atoms with E-state index in [-0.39, 0.29) is 0 Å². The standard InChI is InChI=1S/C11H16N2O/c1-13-7-6-10(12-13)8-9-2-4-11(14)5-3-9/h6-7,9H,2-5,8H2,1H3. The molecule has 0 amide bonds. The van der Waals surface area contributed by atoms with Crippen LogP contribution >= 0.6 is 0 Å². The highest BCUT2D eigenvalue weighted by Gasteiger charge is 2.19. The van der Waals surface area contributed by atoms with Gasteiger partial charge in [-0.2, -0.15) is 5.10 Å². The molecule has 0 spiro atoms. The number of hydrogen-bond acceptors (Lipinski definition) is 2. The van der Waals surface area contributed by atoms with Crippen LogP contribution in [-0.4, -0.2) is 15.6 Å². The topological polar surface area (TPSA) is 34.9 Å². The summed E-state index contributed by atoms with van der Waals surface area (Å²) < 4.78 is 1.84. The van der Waals surface area contributed by atoms with Gasteiger partial charge in [0, 0.05) is 26.1 Å². The number of ketones is 1. The highest BCUT2D eigenvalue weighted by molar-refractivity contribution is 5.79. The number of rotatable bonds is 2. The summed E-state index contributed by atoms with van der Waals surface area (Å²) in [5.74, 6) is 1.10. The molecule has 0 aromatic carbocycles. The predicted octanol–water partition coefficient (Wildman–Crippen LogP) is 1.72. The highest BCUT2D eigenvalue weighted by atomic mass is 16.1. The lowest BCUT2D eigenvalue weighted by Gasteiger charge is -2.19. The zero-order valence-electron chi connectivity index (χ0n) is 8.57. The van der Waals surface area contributed by atoms with Crippen LogP contribution in [0, 0.1) is 5.92 Å². The lowest BCUT2D eigenvalue weighted by molar-refractivity contribution is -0.121. The van der Waals surface area contributed by atoms with E-state index in [0.29, 0.717) is 11.7 Å². The Hall–Kier alpha value is -1.12. The smallest absolute Gasteiger partial charge is 0.132 e. The van der Waals surface area contributed by atoms with Gasteiger partial charge in [0.15, 0.2) is 0 Å². The fourth-order valence-electron chi connectivity index (χ4n) is 2.07. The van der Waals surface area contributed by atoms with Crippen LogP contribution in [0.4, 0.5) is 0 Å². The van der Waals surface area contributed by atoms with Gasteiger partial charge < -0.3 is 0 Å². The first-order valence-electron chi connectivity index (χ1n) is 5.24. The average molecular weight is 192 g/mol. The van der Waals surface area contributed by atoms with Crippen LogP contribution in [0.1, 0.15) is 31.4 Å². The highest BCUT2D eigenvalue weighted by Crippen LogP contribution is 2.24. The minimum Gasteiger partial charge on any atom is -0.300 e. The zero-order chi connectivity index (χ0) is 9.97. The van der Waals surface area contributed by atoms with Gasteiger partial charge in [-0.05, 0) is 31.2 Å². The summed E-state index contributed by atoms with van der Waals surface area (Å²) >= 11 is 0. The van der Waals surface area contributed by atoms with Crippen LogP contribution in [0.25, 0.3) is 0 Å². The molecule has 1 aromatic rings. The summed E-state index contributed by atoms with van der Waals surface area (Å²) in [5.41, 5.74) is 1.16. The Balaban J connectivity index is 1.89. The molecule has 3 nitrogen and oxygen atoms in total.